The Kier molecular flexibility index (Phi) is 10.5. The van der Waals surface area contributed by atoms with E-state index in [0.717, 1.165) is 12.0 Å². The SMILES string of the molecule is CCOC(C)Oc1cc(C(C)CC)cc(OC(C)OC)c1OC(C)OCC. The molecule has 6 heteroatoms. The number of hydrogen-bond acceptors (Lipinski definition) is 6. The van der Waals surface area contributed by atoms with Crippen LogP contribution in [-0.2, 0) is 14.2 Å². The van der Waals surface area contributed by atoms with Crippen molar-refractivity contribution in [2.24, 2.45) is 0 Å². The van der Waals surface area contributed by atoms with Gasteiger partial charge in [-0.2, -0.15) is 0 Å². The molecule has 0 saturated heterocycles. The van der Waals surface area contributed by atoms with Crippen LogP contribution in [0.2, 0.25) is 0 Å². The lowest BCUT2D eigenvalue weighted by molar-refractivity contribution is -0.0815. The maximum atomic E-state index is 6.03. The number of ether oxygens (including phenoxy) is 6. The van der Waals surface area contributed by atoms with Gasteiger partial charge in [0.05, 0.1) is 0 Å². The van der Waals surface area contributed by atoms with Gasteiger partial charge in [0.15, 0.2) is 30.4 Å². The first-order valence-corrected chi connectivity index (χ1v) is 9.79. The van der Waals surface area contributed by atoms with Crippen molar-refractivity contribution in [2.75, 3.05) is 20.3 Å². The molecule has 0 fully saturated rings. The van der Waals surface area contributed by atoms with Crippen LogP contribution in [-0.4, -0.2) is 39.2 Å². The molecule has 0 bridgehead atoms. The molecule has 0 heterocycles. The highest BCUT2D eigenvalue weighted by Gasteiger charge is 2.22. The van der Waals surface area contributed by atoms with Crippen LogP contribution in [0.25, 0.3) is 0 Å². The van der Waals surface area contributed by atoms with Gasteiger partial charge in [-0.05, 0) is 64.7 Å². The largest absolute Gasteiger partial charge is 0.461 e. The van der Waals surface area contributed by atoms with E-state index in [2.05, 4.69) is 13.8 Å². The molecule has 0 spiro atoms. The van der Waals surface area contributed by atoms with Crippen LogP contribution in [0, 0.1) is 0 Å². The van der Waals surface area contributed by atoms with E-state index < -0.39 is 18.9 Å². The van der Waals surface area contributed by atoms with E-state index in [1.165, 1.54) is 0 Å². The van der Waals surface area contributed by atoms with Gasteiger partial charge in [0, 0.05) is 20.3 Å². The molecule has 4 atom stereocenters. The second kappa shape index (κ2) is 12.1. The fourth-order valence-corrected chi connectivity index (χ4v) is 2.52. The van der Waals surface area contributed by atoms with Crippen molar-refractivity contribution in [3.05, 3.63) is 17.7 Å². The summed E-state index contributed by atoms with van der Waals surface area (Å²) in [5.74, 6) is 1.96. The second-order valence-electron chi connectivity index (χ2n) is 6.36. The Bertz CT molecular complexity index is 548. The maximum absolute atomic E-state index is 6.03. The van der Waals surface area contributed by atoms with Gasteiger partial charge in [-0.1, -0.05) is 13.8 Å². The Morgan fingerprint density at radius 3 is 1.67 bits per heavy atom. The predicted octanol–water partition coefficient (Wildman–Crippen LogP) is 5.09. The number of rotatable bonds is 13. The highest BCUT2D eigenvalue weighted by molar-refractivity contribution is 5.54. The van der Waals surface area contributed by atoms with Crippen molar-refractivity contribution in [3.8, 4) is 17.2 Å². The number of methoxy groups -OCH3 is 1. The van der Waals surface area contributed by atoms with Gasteiger partial charge in [-0.15, -0.1) is 0 Å². The Labute approximate surface area is 164 Å². The van der Waals surface area contributed by atoms with Gasteiger partial charge in [-0.3, -0.25) is 0 Å². The molecule has 0 aliphatic carbocycles. The zero-order chi connectivity index (χ0) is 20.4. The van der Waals surface area contributed by atoms with Crippen molar-refractivity contribution in [1.82, 2.24) is 0 Å². The first-order chi connectivity index (χ1) is 12.9. The van der Waals surface area contributed by atoms with Crippen molar-refractivity contribution in [2.45, 2.75) is 79.7 Å². The lowest BCUT2D eigenvalue weighted by Crippen LogP contribution is -2.21. The van der Waals surface area contributed by atoms with Gasteiger partial charge in [0.1, 0.15) is 0 Å². The lowest BCUT2D eigenvalue weighted by Gasteiger charge is -2.25. The molecule has 0 saturated carbocycles. The average molecular weight is 385 g/mol. The average Bonchev–Trinajstić information content (AvgIpc) is 2.63. The molecule has 0 radical (unpaired) electrons. The van der Waals surface area contributed by atoms with E-state index in [9.17, 15) is 0 Å². The summed E-state index contributed by atoms with van der Waals surface area (Å²) in [4.78, 5) is 0. The van der Waals surface area contributed by atoms with Gasteiger partial charge in [0.2, 0.25) is 5.75 Å². The van der Waals surface area contributed by atoms with Crippen molar-refractivity contribution >= 4 is 0 Å². The number of hydrogen-bond donors (Lipinski definition) is 0. The summed E-state index contributed by atoms with van der Waals surface area (Å²) >= 11 is 0. The molecule has 0 aliphatic rings. The summed E-state index contributed by atoms with van der Waals surface area (Å²) < 4.78 is 34.4. The van der Waals surface area contributed by atoms with Crippen LogP contribution in [0.15, 0.2) is 12.1 Å². The lowest BCUT2D eigenvalue weighted by atomic mass is 9.98. The van der Waals surface area contributed by atoms with E-state index in [1.807, 2.05) is 46.8 Å². The molecule has 4 unspecified atom stereocenters. The Balaban J connectivity index is 3.38. The minimum atomic E-state index is -0.450. The molecule has 1 aromatic carbocycles. The van der Waals surface area contributed by atoms with Gasteiger partial charge >= 0.3 is 0 Å². The van der Waals surface area contributed by atoms with Gasteiger partial charge < -0.3 is 28.4 Å². The minimum absolute atomic E-state index is 0.341. The van der Waals surface area contributed by atoms with E-state index >= 15 is 0 Å². The molecule has 0 N–H and O–H groups in total. The van der Waals surface area contributed by atoms with Crippen molar-refractivity contribution in [1.29, 1.82) is 0 Å². The molecule has 27 heavy (non-hydrogen) atoms. The Hall–Kier alpha value is -1.50. The minimum Gasteiger partial charge on any atom is -0.461 e. The molecule has 0 amide bonds. The van der Waals surface area contributed by atoms with E-state index in [0.29, 0.717) is 36.4 Å². The fraction of sp³-hybridized carbons (Fsp3) is 0.714. The first-order valence-electron chi connectivity index (χ1n) is 9.79. The van der Waals surface area contributed by atoms with Crippen LogP contribution < -0.4 is 14.2 Å². The quantitative estimate of drug-likeness (QED) is 0.441. The molecule has 1 rings (SSSR count). The monoisotopic (exact) mass is 384 g/mol. The fourth-order valence-electron chi connectivity index (χ4n) is 2.52. The summed E-state index contributed by atoms with van der Waals surface area (Å²) in [6.45, 7) is 14.8. The summed E-state index contributed by atoms with van der Waals surface area (Å²) in [5.41, 5.74) is 1.10. The van der Waals surface area contributed by atoms with Crippen LogP contribution in [0.1, 0.15) is 66.4 Å². The Morgan fingerprint density at radius 2 is 1.22 bits per heavy atom. The van der Waals surface area contributed by atoms with Crippen molar-refractivity contribution in [3.63, 3.8) is 0 Å². The van der Waals surface area contributed by atoms with Gasteiger partial charge in [-0.25, -0.2) is 0 Å². The predicted molar refractivity (Wildman–Crippen MR) is 106 cm³/mol. The third-order valence-electron chi connectivity index (χ3n) is 4.23. The normalized spacial score (nSPS) is 15.7. The third-order valence-corrected chi connectivity index (χ3v) is 4.23. The molecular formula is C21H36O6. The van der Waals surface area contributed by atoms with Crippen LogP contribution in [0.5, 0.6) is 17.2 Å². The Morgan fingerprint density at radius 1 is 0.741 bits per heavy atom. The van der Waals surface area contributed by atoms with Crippen LogP contribution >= 0.6 is 0 Å². The zero-order valence-electron chi connectivity index (χ0n) is 18.0. The number of benzene rings is 1. The summed E-state index contributed by atoms with van der Waals surface area (Å²) in [6.07, 6.45) is -0.303. The van der Waals surface area contributed by atoms with E-state index in [-0.39, 0.29) is 0 Å². The van der Waals surface area contributed by atoms with E-state index in [4.69, 9.17) is 28.4 Å². The highest BCUT2D eigenvalue weighted by Crippen LogP contribution is 2.42. The van der Waals surface area contributed by atoms with Crippen LogP contribution in [0.4, 0.5) is 0 Å². The maximum Gasteiger partial charge on any atom is 0.206 e. The molecule has 0 aromatic heterocycles. The third kappa shape index (κ3) is 7.56. The highest BCUT2D eigenvalue weighted by atomic mass is 16.7. The molecule has 1 aromatic rings. The zero-order valence-corrected chi connectivity index (χ0v) is 18.0. The molecule has 6 nitrogen and oxygen atoms in total. The van der Waals surface area contributed by atoms with Gasteiger partial charge in [0.25, 0.3) is 0 Å². The molecule has 156 valence electrons. The summed E-state index contributed by atoms with van der Waals surface area (Å²) in [5, 5.41) is 0. The topological polar surface area (TPSA) is 55.4 Å². The first kappa shape index (κ1) is 23.5. The smallest absolute Gasteiger partial charge is 0.206 e. The van der Waals surface area contributed by atoms with Crippen molar-refractivity contribution < 1.29 is 28.4 Å². The molecule has 0 aliphatic heterocycles. The summed E-state index contributed by atoms with van der Waals surface area (Å²) in [7, 11) is 1.60. The summed E-state index contributed by atoms with van der Waals surface area (Å²) in [6, 6.07) is 3.97. The molecular weight excluding hydrogens is 348 g/mol. The second-order valence-corrected chi connectivity index (χ2v) is 6.36. The van der Waals surface area contributed by atoms with Crippen LogP contribution in [0.3, 0.4) is 0 Å². The standard InChI is InChI=1S/C21H36O6/c1-9-14(4)18-12-19(25-15(5)22-8)21(27-17(7)24-11-3)20(13-18)26-16(6)23-10-2/h12-17H,9-11H2,1-8H3. The van der Waals surface area contributed by atoms with E-state index in [1.54, 1.807) is 7.11 Å².